The summed E-state index contributed by atoms with van der Waals surface area (Å²) in [6, 6.07) is 9.69. The Labute approximate surface area is 190 Å². The molecule has 1 atom stereocenters. The molecule has 3 amide bonds. The summed E-state index contributed by atoms with van der Waals surface area (Å²) in [6.07, 6.45) is 6.07. The van der Waals surface area contributed by atoms with E-state index in [1.165, 1.54) is 0 Å². The van der Waals surface area contributed by atoms with E-state index in [0.717, 1.165) is 44.9 Å². The second-order valence-corrected chi connectivity index (χ2v) is 9.27. The van der Waals surface area contributed by atoms with Crippen LogP contribution < -0.4 is 0 Å². The van der Waals surface area contributed by atoms with Crippen molar-refractivity contribution in [3.63, 3.8) is 0 Å². The molecule has 7 nitrogen and oxygen atoms in total. The van der Waals surface area contributed by atoms with Gasteiger partial charge in [0.15, 0.2) is 0 Å². The van der Waals surface area contributed by atoms with Gasteiger partial charge in [-0.1, -0.05) is 38.0 Å². The fourth-order valence-electron chi connectivity index (χ4n) is 5.30. The number of cyclic esters (lactones) is 1. The average Bonchev–Trinajstić information content (AvgIpc) is 3.22. The van der Waals surface area contributed by atoms with Crippen LogP contribution in [0.3, 0.4) is 0 Å². The second kappa shape index (κ2) is 10.4. The molecule has 32 heavy (non-hydrogen) atoms. The van der Waals surface area contributed by atoms with Gasteiger partial charge in [0.25, 0.3) is 5.91 Å². The fraction of sp³-hybridized carbons (Fsp3) is 0.640. The Morgan fingerprint density at radius 3 is 2.28 bits per heavy atom. The number of hydrogen-bond donors (Lipinski definition) is 0. The van der Waals surface area contributed by atoms with E-state index < -0.39 is 0 Å². The van der Waals surface area contributed by atoms with E-state index in [1.54, 1.807) is 0 Å². The Morgan fingerprint density at radius 1 is 0.969 bits per heavy atom. The summed E-state index contributed by atoms with van der Waals surface area (Å²) in [6.45, 7) is 5.29. The lowest BCUT2D eigenvalue weighted by Crippen LogP contribution is -2.51. The van der Waals surface area contributed by atoms with E-state index in [-0.39, 0.29) is 35.9 Å². The molecule has 0 aliphatic carbocycles. The number of likely N-dealkylation sites (tertiary alicyclic amines) is 2. The highest BCUT2D eigenvalue weighted by atomic mass is 16.6. The average molecular weight is 442 g/mol. The first-order valence-corrected chi connectivity index (χ1v) is 12.2. The van der Waals surface area contributed by atoms with E-state index in [0.29, 0.717) is 38.3 Å². The van der Waals surface area contributed by atoms with Crippen molar-refractivity contribution in [1.82, 2.24) is 14.7 Å². The number of carbonyl (C=O) groups is 3. The number of rotatable bonds is 6. The molecule has 0 N–H and O–H groups in total. The zero-order valence-electron chi connectivity index (χ0n) is 19.1. The lowest BCUT2D eigenvalue weighted by atomic mass is 9.93. The van der Waals surface area contributed by atoms with Gasteiger partial charge < -0.3 is 14.5 Å². The van der Waals surface area contributed by atoms with Gasteiger partial charge in [0.1, 0.15) is 6.61 Å². The second-order valence-electron chi connectivity index (χ2n) is 9.27. The molecule has 3 aliphatic heterocycles. The van der Waals surface area contributed by atoms with Gasteiger partial charge in [-0.2, -0.15) is 0 Å². The molecule has 3 heterocycles. The van der Waals surface area contributed by atoms with Crippen molar-refractivity contribution in [3.05, 3.63) is 35.9 Å². The Bertz CT molecular complexity index is 799. The Hall–Kier alpha value is -2.57. The number of piperidine rings is 2. The molecule has 0 aromatic heterocycles. The van der Waals surface area contributed by atoms with Crippen LogP contribution in [0.15, 0.2) is 30.3 Å². The van der Waals surface area contributed by atoms with E-state index in [1.807, 2.05) is 45.0 Å². The number of hydrogen-bond acceptors (Lipinski definition) is 4. The summed E-state index contributed by atoms with van der Waals surface area (Å²) in [7, 11) is 0. The Kier molecular flexibility index (Phi) is 7.33. The smallest absolute Gasteiger partial charge is 0.410 e. The summed E-state index contributed by atoms with van der Waals surface area (Å²) in [5.41, 5.74) is 0.706. The predicted molar refractivity (Wildman–Crippen MR) is 121 cm³/mol. The van der Waals surface area contributed by atoms with Crippen LogP contribution in [0.4, 0.5) is 4.79 Å². The molecule has 3 aliphatic rings. The van der Waals surface area contributed by atoms with Crippen molar-refractivity contribution in [3.8, 4) is 0 Å². The molecule has 1 aromatic carbocycles. The van der Waals surface area contributed by atoms with Crippen LogP contribution in [0.5, 0.6) is 0 Å². The molecule has 7 heteroatoms. The number of benzene rings is 1. The topological polar surface area (TPSA) is 70.2 Å². The summed E-state index contributed by atoms with van der Waals surface area (Å²) < 4.78 is 5.33. The zero-order chi connectivity index (χ0) is 22.5. The summed E-state index contributed by atoms with van der Waals surface area (Å²) in [5.74, 6) is 0.245. The molecule has 174 valence electrons. The third kappa shape index (κ3) is 4.92. The predicted octanol–water partition coefficient (Wildman–Crippen LogP) is 3.54. The molecule has 3 fully saturated rings. The largest absolute Gasteiger partial charge is 0.447 e. The Morgan fingerprint density at radius 2 is 1.62 bits per heavy atom. The van der Waals surface area contributed by atoms with Crippen LogP contribution in [0, 0.1) is 5.92 Å². The minimum Gasteiger partial charge on any atom is -0.447 e. The Balaban J connectivity index is 1.25. The van der Waals surface area contributed by atoms with Gasteiger partial charge in [-0.05, 0) is 44.2 Å². The minimum absolute atomic E-state index is 0.0135. The molecule has 0 bridgehead atoms. The minimum atomic E-state index is -0.189. The SMILES string of the molecule is CCCCC1COC(=O)N1C1CCN(C(=O)C2CCN(C(=O)c3ccccc3)CC2)CC1. The molecule has 0 radical (unpaired) electrons. The highest BCUT2D eigenvalue weighted by molar-refractivity contribution is 5.94. The first-order valence-electron chi connectivity index (χ1n) is 12.2. The molecule has 0 spiro atoms. The van der Waals surface area contributed by atoms with Crippen molar-refractivity contribution in [1.29, 1.82) is 0 Å². The first-order chi connectivity index (χ1) is 15.6. The van der Waals surface area contributed by atoms with Crippen molar-refractivity contribution < 1.29 is 19.1 Å². The lowest BCUT2D eigenvalue weighted by Gasteiger charge is -2.40. The van der Waals surface area contributed by atoms with Gasteiger partial charge in [-0.25, -0.2) is 4.79 Å². The van der Waals surface area contributed by atoms with Crippen LogP contribution in [-0.2, 0) is 9.53 Å². The third-order valence-corrected chi connectivity index (χ3v) is 7.22. The highest BCUT2D eigenvalue weighted by Crippen LogP contribution is 2.28. The number of ether oxygens (including phenoxy) is 1. The van der Waals surface area contributed by atoms with Crippen LogP contribution in [-0.4, -0.2) is 77.5 Å². The number of carbonyl (C=O) groups excluding carboxylic acids is 3. The van der Waals surface area contributed by atoms with E-state index in [9.17, 15) is 14.4 Å². The number of nitrogens with zero attached hydrogens (tertiary/aromatic N) is 3. The van der Waals surface area contributed by atoms with Gasteiger partial charge in [0, 0.05) is 43.7 Å². The quantitative estimate of drug-likeness (QED) is 0.677. The molecular formula is C25H35N3O4. The maximum atomic E-state index is 13.1. The third-order valence-electron chi connectivity index (χ3n) is 7.22. The first kappa shape index (κ1) is 22.6. The van der Waals surface area contributed by atoms with Crippen molar-refractivity contribution in [2.75, 3.05) is 32.8 Å². The van der Waals surface area contributed by atoms with Crippen LogP contribution >= 0.6 is 0 Å². The maximum absolute atomic E-state index is 13.1. The van der Waals surface area contributed by atoms with Crippen molar-refractivity contribution in [2.45, 2.75) is 64.0 Å². The van der Waals surface area contributed by atoms with E-state index in [4.69, 9.17) is 4.74 Å². The molecule has 3 saturated heterocycles. The van der Waals surface area contributed by atoms with Gasteiger partial charge in [-0.3, -0.25) is 14.5 Å². The van der Waals surface area contributed by atoms with Crippen molar-refractivity contribution in [2.24, 2.45) is 5.92 Å². The lowest BCUT2D eigenvalue weighted by molar-refractivity contribution is -0.138. The van der Waals surface area contributed by atoms with E-state index in [2.05, 4.69) is 6.92 Å². The molecular weight excluding hydrogens is 406 g/mol. The number of unbranched alkanes of at least 4 members (excludes halogenated alkanes) is 1. The van der Waals surface area contributed by atoms with Gasteiger partial charge >= 0.3 is 6.09 Å². The molecule has 4 rings (SSSR count). The maximum Gasteiger partial charge on any atom is 0.410 e. The zero-order valence-corrected chi connectivity index (χ0v) is 19.1. The molecule has 1 aromatic rings. The van der Waals surface area contributed by atoms with Crippen molar-refractivity contribution >= 4 is 17.9 Å². The van der Waals surface area contributed by atoms with Gasteiger partial charge in [0.05, 0.1) is 6.04 Å². The summed E-state index contributed by atoms with van der Waals surface area (Å²) >= 11 is 0. The standard InChI is InChI=1S/C25H35N3O4/c1-2-3-9-22-18-32-25(31)28(22)21-12-16-27(17-13-21)24(30)20-10-14-26(15-11-20)23(29)19-7-5-4-6-8-19/h4-8,20-22H,2-3,9-18H2,1H3. The molecule has 0 saturated carbocycles. The summed E-state index contributed by atoms with van der Waals surface area (Å²) in [4.78, 5) is 43.8. The number of amides is 3. The monoisotopic (exact) mass is 441 g/mol. The summed E-state index contributed by atoms with van der Waals surface area (Å²) in [5, 5.41) is 0. The van der Waals surface area contributed by atoms with Gasteiger partial charge in [-0.15, -0.1) is 0 Å². The van der Waals surface area contributed by atoms with Gasteiger partial charge in [0.2, 0.25) is 5.91 Å². The van der Waals surface area contributed by atoms with Crippen LogP contribution in [0.2, 0.25) is 0 Å². The highest BCUT2D eigenvalue weighted by Gasteiger charge is 2.40. The molecule has 1 unspecified atom stereocenters. The van der Waals surface area contributed by atoms with Crippen LogP contribution in [0.1, 0.15) is 62.2 Å². The van der Waals surface area contributed by atoms with Crippen LogP contribution in [0.25, 0.3) is 0 Å². The fourth-order valence-corrected chi connectivity index (χ4v) is 5.30. The normalized spacial score (nSPS) is 22.8. The van der Waals surface area contributed by atoms with E-state index >= 15 is 0 Å².